The fraction of sp³-hybridized carbons (Fsp3) is 0. The highest BCUT2D eigenvalue weighted by Crippen LogP contribution is 2.22. The van der Waals surface area contributed by atoms with Crippen LogP contribution in [0.4, 0.5) is 0 Å². The molecule has 0 amide bonds. The SMILES string of the molecule is O=C(Oc1cc(-c2ccccc2)oc(=O)c1)c1ccccc1. The van der Waals surface area contributed by atoms with Gasteiger partial charge in [-0.2, -0.15) is 0 Å². The summed E-state index contributed by atoms with van der Waals surface area (Å²) in [5, 5.41) is 0. The Balaban J connectivity index is 1.91. The van der Waals surface area contributed by atoms with Gasteiger partial charge >= 0.3 is 11.6 Å². The molecule has 22 heavy (non-hydrogen) atoms. The van der Waals surface area contributed by atoms with Crippen molar-refractivity contribution in [3.8, 4) is 17.1 Å². The van der Waals surface area contributed by atoms with Crippen LogP contribution in [-0.2, 0) is 0 Å². The van der Waals surface area contributed by atoms with E-state index in [-0.39, 0.29) is 5.75 Å². The van der Waals surface area contributed by atoms with Crippen molar-refractivity contribution in [3.05, 3.63) is 88.8 Å². The van der Waals surface area contributed by atoms with Crippen molar-refractivity contribution >= 4 is 5.97 Å². The van der Waals surface area contributed by atoms with E-state index in [4.69, 9.17) is 9.15 Å². The first kappa shape index (κ1) is 13.8. The lowest BCUT2D eigenvalue weighted by atomic mass is 10.1. The maximum atomic E-state index is 12.0. The molecule has 0 unspecified atom stereocenters. The summed E-state index contributed by atoms with van der Waals surface area (Å²) >= 11 is 0. The summed E-state index contributed by atoms with van der Waals surface area (Å²) in [5.41, 5.74) is 0.575. The third kappa shape index (κ3) is 3.12. The highest BCUT2D eigenvalue weighted by Gasteiger charge is 2.11. The second-order valence-corrected chi connectivity index (χ2v) is 4.60. The molecule has 0 bridgehead atoms. The number of carbonyl (C=O) groups excluding carboxylic acids is 1. The molecule has 0 N–H and O–H groups in total. The smallest absolute Gasteiger partial charge is 0.343 e. The first-order chi connectivity index (χ1) is 10.7. The molecule has 1 aromatic heterocycles. The zero-order chi connectivity index (χ0) is 15.4. The molecule has 108 valence electrons. The Morgan fingerprint density at radius 2 is 1.50 bits per heavy atom. The van der Waals surface area contributed by atoms with Crippen molar-refractivity contribution in [2.75, 3.05) is 0 Å². The van der Waals surface area contributed by atoms with Gasteiger partial charge in [-0.3, -0.25) is 0 Å². The molecule has 4 heteroatoms. The fourth-order valence-electron chi connectivity index (χ4n) is 2.00. The molecule has 2 aromatic carbocycles. The largest absolute Gasteiger partial charge is 0.423 e. The molecule has 0 aliphatic rings. The van der Waals surface area contributed by atoms with E-state index in [9.17, 15) is 9.59 Å². The zero-order valence-corrected chi connectivity index (χ0v) is 11.6. The normalized spacial score (nSPS) is 10.2. The minimum absolute atomic E-state index is 0.156. The summed E-state index contributed by atoms with van der Waals surface area (Å²) in [6.45, 7) is 0. The molecule has 0 aliphatic carbocycles. The molecule has 1 heterocycles. The number of hydrogen-bond donors (Lipinski definition) is 0. The van der Waals surface area contributed by atoms with Crippen molar-refractivity contribution in [1.29, 1.82) is 0 Å². The van der Waals surface area contributed by atoms with Gasteiger partial charge in [0, 0.05) is 11.6 Å². The minimum atomic E-state index is -0.572. The summed E-state index contributed by atoms with van der Waals surface area (Å²) in [6, 6.07) is 20.4. The van der Waals surface area contributed by atoms with E-state index in [0.29, 0.717) is 11.3 Å². The highest BCUT2D eigenvalue weighted by atomic mass is 16.5. The average molecular weight is 292 g/mol. The fourth-order valence-corrected chi connectivity index (χ4v) is 2.00. The molecule has 3 rings (SSSR count). The van der Waals surface area contributed by atoms with Crippen LogP contribution in [-0.4, -0.2) is 5.97 Å². The first-order valence-corrected chi connectivity index (χ1v) is 6.70. The van der Waals surface area contributed by atoms with Gasteiger partial charge in [0.2, 0.25) is 0 Å². The number of ether oxygens (including phenoxy) is 1. The topological polar surface area (TPSA) is 56.5 Å². The molecule has 0 spiro atoms. The van der Waals surface area contributed by atoms with Crippen molar-refractivity contribution in [1.82, 2.24) is 0 Å². The average Bonchev–Trinajstić information content (AvgIpc) is 2.56. The van der Waals surface area contributed by atoms with Gasteiger partial charge < -0.3 is 9.15 Å². The summed E-state index contributed by atoms with van der Waals surface area (Å²) < 4.78 is 10.4. The lowest BCUT2D eigenvalue weighted by Gasteiger charge is -2.05. The van der Waals surface area contributed by atoms with Gasteiger partial charge in [-0.1, -0.05) is 48.5 Å². The molecule has 0 saturated heterocycles. The molecule has 0 atom stereocenters. The molecular formula is C18H12O4. The molecule has 0 fully saturated rings. The lowest BCUT2D eigenvalue weighted by Crippen LogP contribution is -2.10. The summed E-state index contributed by atoms with van der Waals surface area (Å²) in [4.78, 5) is 23.7. The van der Waals surface area contributed by atoms with Crippen LogP contribution >= 0.6 is 0 Å². The van der Waals surface area contributed by atoms with Crippen LogP contribution in [0.15, 0.2) is 82.0 Å². The summed E-state index contributed by atoms with van der Waals surface area (Å²) in [6.07, 6.45) is 0. The third-order valence-electron chi connectivity index (χ3n) is 3.02. The molecular weight excluding hydrogens is 280 g/mol. The first-order valence-electron chi connectivity index (χ1n) is 6.70. The Morgan fingerprint density at radius 1 is 0.864 bits per heavy atom. The van der Waals surface area contributed by atoms with Crippen molar-refractivity contribution in [3.63, 3.8) is 0 Å². The Kier molecular flexibility index (Phi) is 3.83. The van der Waals surface area contributed by atoms with Gasteiger partial charge in [0.15, 0.2) is 0 Å². The quantitative estimate of drug-likeness (QED) is 0.693. The molecule has 0 aliphatic heterocycles. The Hall–Kier alpha value is -3.14. The second kappa shape index (κ2) is 6.10. The Morgan fingerprint density at radius 3 is 2.18 bits per heavy atom. The van der Waals surface area contributed by atoms with E-state index < -0.39 is 11.6 Å². The molecule has 0 radical (unpaired) electrons. The van der Waals surface area contributed by atoms with Crippen LogP contribution in [0.5, 0.6) is 5.75 Å². The standard InChI is InChI=1S/C18H12O4/c19-17-12-15(21-18(20)14-9-5-2-6-10-14)11-16(22-17)13-7-3-1-4-8-13/h1-12H. The van der Waals surface area contributed by atoms with Crippen molar-refractivity contribution in [2.45, 2.75) is 0 Å². The summed E-state index contributed by atoms with van der Waals surface area (Å²) in [5.74, 6) is -0.0156. The van der Waals surface area contributed by atoms with Gasteiger partial charge in [0.25, 0.3) is 0 Å². The van der Waals surface area contributed by atoms with Crippen LogP contribution in [0.1, 0.15) is 10.4 Å². The molecule has 0 saturated carbocycles. The van der Waals surface area contributed by atoms with E-state index >= 15 is 0 Å². The van der Waals surface area contributed by atoms with Gasteiger partial charge in [-0.25, -0.2) is 9.59 Å². The Bertz CT molecular complexity index is 836. The van der Waals surface area contributed by atoms with E-state index in [2.05, 4.69) is 0 Å². The van der Waals surface area contributed by atoms with E-state index in [0.717, 1.165) is 11.6 Å². The van der Waals surface area contributed by atoms with E-state index in [1.165, 1.54) is 6.07 Å². The molecule has 3 aromatic rings. The monoisotopic (exact) mass is 292 g/mol. The number of esters is 1. The van der Waals surface area contributed by atoms with E-state index in [1.807, 2.05) is 18.2 Å². The van der Waals surface area contributed by atoms with Crippen LogP contribution in [0.2, 0.25) is 0 Å². The minimum Gasteiger partial charge on any atom is -0.423 e. The summed E-state index contributed by atoms with van der Waals surface area (Å²) in [7, 11) is 0. The number of rotatable bonds is 3. The van der Waals surface area contributed by atoms with Crippen molar-refractivity contribution < 1.29 is 13.9 Å². The van der Waals surface area contributed by atoms with Gasteiger partial charge in [-0.15, -0.1) is 0 Å². The number of benzene rings is 2. The predicted octanol–water partition coefficient (Wildman–Crippen LogP) is 3.53. The number of hydrogen-bond acceptors (Lipinski definition) is 4. The maximum Gasteiger partial charge on any atom is 0.343 e. The van der Waals surface area contributed by atoms with Gasteiger partial charge in [-0.05, 0) is 12.1 Å². The molecule has 4 nitrogen and oxygen atoms in total. The Labute approximate surface area is 126 Å². The van der Waals surface area contributed by atoms with Crippen LogP contribution in [0, 0.1) is 0 Å². The second-order valence-electron chi connectivity index (χ2n) is 4.60. The van der Waals surface area contributed by atoms with Crippen LogP contribution < -0.4 is 10.4 Å². The van der Waals surface area contributed by atoms with Crippen LogP contribution in [0.3, 0.4) is 0 Å². The zero-order valence-electron chi connectivity index (χ0n) is 11.6. The van der Waals surface area contributed by atoms with Gasteiger partial charge in [0.05, 0.1) is 11.6 Å². The lowest BCUT2D eigenvalue weighted by molar-refractivity contribution is 0.0734. The van der Waals surface area contributed by atoms with Crippen LogP contribution in [0.25, 0.3) is 11.3 Å². The maximum absolute atomic E-state index is 12.0. The highest BCUT2D eigenvalue weighted by molar-refractivity contribution is 5.91. The predicted molar refractivity (Wildman–Crippen MR) is 81.8 cm³/mol. The third-order valence-corrected chi connectivity index (χ3v) is 3.02. The van der Waals surface area contributed by atoms with Crippen molar-refractivity contribution in [2.24, 2.45) is 0 Å². The number of carbonyl (C=O) groups is 1. The van der Waals surface area contributed by atoms with E-state index in [1.54, 1.807) is 42.5 Å². The van der Waals surface area contributed by atoms with Gasteiger partial charge in [0.1, 0.15) is 11.5 Å².